The van der Waals surface area contributed by atoms with E-state index in [0.29, 0.717) is 24.5 Å². The van der Waals surface area contributed by atoms with E-state index in [0.717, 1.165) is 55.3 Å². The lowest BCUT2D eigenvalue weighted by molar-refractivity contribution is 0.321. The zero-order chi connectivity index (χ0) is 22.2. The fourth-order valence-electron chi connectivity index (χ4n) is 3.75. The van der Waals surface area contributed by atoms with Crippen LogP contribution in [0.25, 0.3) is 0 Å². The molecule has 0 bridgehead atoms. The van der Waals surface area contributed by atoms with Gasteiger partial charge in [0.25, 0.3) is 0 Å². The summed E-state index contributed by atoms with van der Waals surface area (Å²) in [5.41, 5.74) is 1.49. The molecule has 0 amide bonds. The van der Waals surface area contributed by atoms with Crippen molar-refractivity contribution in [1.82, 2.24) is 15.5 Å². The van der Waals surface area contributed by atoms with Gasteiger partial charge in [0, 0.05) is 45.3 Å². The minimum Gasteiger partial charge on any atom is -0.497 e. The Morgan fingerprint density at radius 3 is 2.55 bits per heavy atom. The number of methoxy groups -OCH3 is 2. The van der Waals surface area contributed by atoms with E-state index in [9.17, 15) is 8.78 Å². The number of hydrogen-bond donors (Lipinski definition) is 2. The van der Waals surface area contributed by atoms with E-state index in [1.54, 1.807) is 21.3 Å². The molecule has 1 aliphatic rings. The topological polar surface area (TPSA) is 58.1 Å². The molecule has 2 N–H and O–H groups in total. The van der Waals surface area contributed by atoms with Gasteiger partial charge in [-0.3, -0.25) is 9.89 Å². The average Bonchev–Trinajstić information content (AvgIpc) is 3.21. The molecule has 31 heavy (non-hydrogen) atoms. The molecule has 8 heteroatoms. The van der Waals surface area contributed by atoms with Crippen LogP contribution in [0.5, 0.6) is 11.5 Å². The van der Waals surface area contributed by atoms with Gasteiger partial charge in [0.2, 0.25) is 0 Å². The number of likely N-dealkylation sites (tertiary alicyclic amines) is 1. The highest BCUT2D eigenvalue weighted by atomic mass is 19.1. The van der Waals surface area contributed by atoms with Crippen LogP contribution in [0.15, 0.2) is 41.4 Å². The fourth-order valence-corrected chi connectivity index (χ4v) is 3.75. The highest BCUT2D eigenvalue weighted by molar-refractivity contribution is 5.80. The lowest BCUT2D eigenvalue weighted by Crippen LogP contribution is -2.45. The Balaban J connectivity index is 1.48. The molecule has 0 spiro atoms. The summed E-state index contributed by atoms with van der Waals surface area (Å²) in [6.45, 7) is 3.10. The molecule has 2 aromatic rings. The summed E-state index contributed by atoms with van der Waals surface area (Å²) in [5, 5.41) is 6.60. The van der Waals surface area contributed by atoms with Crippen LogP contribution >= 0.6 is 0 Å². The Kier molecular flexibility index (Phi) is 8.06. The van der Waals surface area contributed by atoms with Gasteiger partial charge in [-0.1, -0.05) is 0 Å². The molecular weight excluding hydrogens is 402 g/mol. The molecule has 6 nitrogen and oxygen atoms in total. The van der Waals surface area contributed by atoms with Crippen molar-refractivity contribution in [1.29, 1.82) is 0 Å². The summed E-state index contributed by atoms with van der Waals surface area (Å²) in [6, 6.07) is 9.68. The van der Waals surface area contributed by atoms with Crippen molar-refractivity contribution < 1.29 is 18.3 Å². The largest absolute Gasteiger partial charge is 0.497 e. The van der Waals surface area contributed by atoms with Crippen LogP contribution in [-0.2, 0) is 13.0 Å². The normalized spacial score (nSPS) is 16.9. The Hall–Kier alpha value is -2.87. The smallest absolute Gasteiger partial charge is 0.191 e. The molecule has 1 heterocycles. The second kappa shape index (κ2) is 10.9. The summed E-state index contributed by atoms with van der Waals surface area (Å²) >= 11 is 0. The first-order valence-corrected chi connectivity index (χ1v) is 10.4. The minimum absolute atomic E-state index is 0.254. The molecule has 1 unspecified atom stereocenters. The number of ether oxygens (including phenoxy) is 2. The number of nitrogens with zero attached hydrogens (tertiary/aromatic N) is 2. The van der Waals surface area contributed by atoms with Gasteiger partial charge in [-0.25, -0.2) is 8.78 Å². The van der Waals surface area contributed by atoms with Crippen LogP contribution in [0.4, 0.5) is 8.78 Å². The van der Waals surface area contributed by atoms with Gasteiger partial charge in [0.05, 0.1) is 14.2 Å². The molecule has 1 aliphatic heterocycles. The van der Waals surface area contributed by atoms with Crippen molar-refractivity contribution in [2.24, 2.45) is 4.99 Å². The Morgan fingerprint density at radius 2 is 1.87 bits per heavy atom. The minimum atomic E-state index is -0.432. The Bertz CT molecular complexity index is 885. The average molecular weight is 433 g/mol. The molecule has 0 saturated carbocycles. The van der Waals surface area contributed by atoms with Gasteiger partial charge in [-0.2, -0.15) is 0 Å². The number of hydrogen-bond acceptors (Lipinski definition) is 4. The van der Waals surface area contributed by atoms with Crippen molar-refractivity contribution in [3.05, 3.63) is 59.2 Å². The molecule has 1 atom stereocenters. The summed E-state index contributed by atoms with van der Waals surface area (Å²) < 4.78 is 37.8. The maximum absolute atomic E-state index is 13.8. The van der Waals surface area contributed by atoms with E-state index in [2.05, 4.69) is 20.5 Å². The lowest BCUT2D eigenvalue weighted by atomic mass is 10.1. The number of nitrogens with one attached hydrogen (secondary N) is 2. The predicted molar refractivity (Wildman–Crippen MR) is 118 cm³/mol. The van der Waals surface area contributed by atoms with Gasteiger partial charge >= 0.3 is 0 Å². The van der Waals surface area contributed by atoms with Crippen LogP contribution in [0.1, 0.15) is 17.5 Å². The molecule has 168 valence electrons. The van der Waals surface area contributed by atoms with E-state index in [-0.39, 0.29) is 6.04 Å². The van der Waals surface area contributed by atoms with Crippen molar-refractivity contribution in [3.8, 4) is 11.5 Å². The second-order valence-corrected chi connectivity index (χ2v) is 7.57. The lowest BCUT2D eigenvalue weighted by Gasteiger charge is -2.19. The van der Waals surface area contributed by atoms with E-state index in [1.165, 1.54) is 6.07 Å². The maximum Gasteiger partial charge on any atom is 0.191 e. The number of halogens is 2. The third-order valence-electron chi connectivity index (χ3n) is 5.35. The molecule has 2 aromatic carbocycles. The molecule has 1 saturated heterocycles. The van der Waals surface area contributed by atoms with Gasteiger partial charge in [0.15, 0.2) is 5.96 Å². The molecule has 1 fully saturated rings. The summed E-state index contributed by atoms with van der Waals surface area (Å²) in [6.07, 6.45) is 1.36. The van der Waals surface area contributed by atoms with Crippen LogP contribution < -0.4 is 20.1 Å². The van der Waals surface area contributed by atoms with Crippen molar-refractivity contribution in [2.75, 3.05) is 40.9 Å². The van der Waals surface area contributed by atoms with E-state index >= 15 is 0 Å². The quantitative estimate of drug-likeness (QED) is 0.496. The highest BCUT2D eigenvalue weighted by Gasteiger charge is 2.23. The standard InChI is InChI=1S/C23H30F2N4O2/c1-26-23(27-8-6-17-12-18(24)4-5-22(17)25)28-19-7-9-29(15-19)14-16-10-20(30-2)13-21(11-16)31-3/h4-5,10-13,19H,6-9,14-15H2,1-3H3,(H2,26,27,28). The third-order valence-corrected chi connectivity index (χ3v) is 5.35. The molecule has 0 radical (unpaired) electrons. The molecule has 0 aromatic heterocycles. The SMILES string of the molecule is CN=C(NCCc1cc(F)ccc1F)NC1CCN(Cc2cc(OC)cc(OC)c2)C1. The second-order valence-electron chi connectivity index (χ2n) is 7.57. The first kappa shape index (κ1) is 22.8. The van der Waals surface area contributed by atoms with Gasteiger partial charge in [-0.15, -0.1) is 0 Å². The first-order chi connectivity index (χ1) is 15.0. The van der Waals surface area contributed by atoms with Gasteiger partial charge in [-0.05, 0) is 54.3 Å². The van der Waals surface area contributed by atoms with Gasteiger partial charge in [0.1, 0.15) is 23.1 Å². The Morgan fingerprint density at radius 1 is 1.13 bits per heavy atom. The van der Waals surface area contributed by atoms with E-state index < -0.39 is 11.6 Å². The summed E-state index contributed by atoms with van der Waals surface area (Å²) in [5.74, 6) is 1.39. The monoisotopic (exact) mass is 432 g/mol. The third kappa shape index (κ3) is 6.55. The maximum atomic E-state index is 13.8. The van der Waals surface area contributed by atoms with Crippen LogP contribution in [0, 0.1) is 11.6 Å². The van der Waals surface area contributed by atoms with Crippen molar-refractivity contribution >= 4 is 5.96 Å². The van der Waals surface area contributed by atoms with Crippen LogP contribution in [0.2, 0.25) is 0 Å². The van der Waals surface area contributed by atoms with E-state index in [4.69, 9.17) is 9.47 Å². The predicted octanol–water partition coefficient (Wildman–Crippen LogP) is 2.96. The number of rotatable bonds is 8. The summed E-state index contributed by atoms with van der Waals surface area (Å²) in [7, 11) is 5.00. The highest BCUT2D eigenvalue weighted by Crippen LogP contribution is 2.24. The van der Waals surface area contributed by atoms with Crippen LogP contribution in [-0.4, -0.2) is 57.8 Å². The van der Waals surface area contributed by atoms with Crippen LogP contribution in [0.3, 0.4) is 0 Å². The Labute approximate surface area is 182 Å². The summed E-state index contributed by atoms with van der Waals surface area (Å²) in [4.78, 5) is 6.61. The van der Waals surface area contributed by atoms with Gasteiger partial charge < -0.3 is 20.1 Å². The molecule has 3 rings (SSSR count). The molecular formula is C23H30F2N4O2. The molecule has 0 aliphatic carbocycles. The zero-order valence-electron chi connectivity index (χ0n) is 18.3. The first-order valence-electron chi connectivity index (χ1n) is 10.4. The van der Waals surface area contributed by atoms with E-state index in [1.807, 2.05) is 18.2 Å². The van der Waals surface area contributed by atoms with Crippen molar-refractivity contribution in [2.45, 2.75) is 25.4 Å². The number of aliphatic imine (C=N–C) groups is 1. The van der Waals surface area contributed by atoms with Crippen molar-refractivity contribution in [3.63, 3.8) is 0 Å². The number of guanidine groups is 1. The number of benzene rings is 2. The zero-order valence-corrected chi connectivity index (χ0v) is 18.3. The fraction of sp³-hybridized carbons (Fsp3) is 0.435.